The Hall–Kier alpha value is -2.27. The molecule has 2 aliphatic heterocycles. The molecule has 4 rings (SSSR count). The monoisotopic (exact) mass is 474 g/mol. The molecular weight excluding hydrogens is 440 g/mol. The van der Waals surface area contributed by atoms with Gasteiger partial charge in [-0.05, 0) is 50.6 Å². The van der Waals surface area contributed by atoms with E-state index in [0.29, 0.717) is 43.1 Å². The second kappa shape index (κ2) is 10.3. The Bertz CT molecular complexity index is 1040. The molecule has 1 atom stereocenters. The summed E-state index contributed by atoms with van der Waals surface area (Å²) in [7, 11) is -3.48. The van der Waals surface area contributed by atoms with E-state index in [-0.39, 0.29) is 0 Å². The first-order valence-electron chi connectivity index (χ1n) is 11.7. The van der Waals surface area contributed by atoms with Gasteiger partial charge < -0.3 is 9.64 Å². The molecule has 180 valence electrons. The van der Waals surface area contributed by atoms with E-state index in [2.05, 4.69) is 44.5 Å². The van der Waals surface area contributed by atoms with Crippen molar-refractivity contribution in [2.24, 2.45) is 0 Å². The average Bonchev–Trinajstić information content (AvgIpc) is 3.35. The number of sulfone groups is 1. The highest BCUT2D eigenvalue weighted by Crippen LogP contribution is 2.33. The van der Waals surface area contributed by atoms with E-state index in [1.165, 1.54) is 0 Å². The van der Waals surface area contributed by atoms with Crippen LogP contribution in [-0.2, 0) is 14.6 Å². The predicted octanol–water partition coefficient (Wildman–Crippen LogP) is 2.17. The normalized spacial score (nSPS) is 19.9. The molecule has 0 aliphatic carbocycles. The van der Waals surface area contributed by atoms with Gasteiger partial charge in [0.25, 0.3) is 0 Å². The summed E-state index contributed by atoms with van der Waals surface area (Å²) in [5, 5.41) is -0.393. The molecule has 2 aromatic rings. The Morgan fingerprint density at radius 2 is 1.82 bits per heavy atom. The Morgan fingerprint density at radius 1 is 1.09 bits per heavy atom. The number of benzene rings is 1. The van der Waals surface area contributed by atoms with Crippen LogP contribution in [-0.4, -0.2) is 80.5 Å². The van der Waals surface area contributed by atoms with E-state index < -0.39 is 15.1 Å². The van der Waals surface area contributed by atoms with Gasteiger partial charge in [0.2, 0.25) is 5.95 Å². The first-order valence-corrected chi connectivity index (χ1v) is 13.2. The molecule has 9 nitrogen and oxygen atoms in total. The van der Waals surface area contributed by atoms with Crippen molar-refractivity contribution in [2.45, 2.75) is 43.4 Å². The van der Waals surface area contributed by atoms with Gasteiger partial charge in [0.1, 0.15) is 0 Å². The number of aromatic nitrogens is 2. The largest absolute Gasteiger partial charge is 0.378 e. The third kappa shape index (κ3) is 5.46. The molecule has 1 unspecified atom stereocenters. The first kappa shape index (κ1) is 23.9. The molecular formula is C23H34N6O3S. The van der Waals surface area contributed by atoms with Crippen molar-refractivity contribution in [1.29, 1.82) is 0 Å². The molecule has 2 saturated heterocycles. The molecule has 0 bridgehead atoms. The lowest BCUT2D eigenvalue weighted by Crippen LogP contribution is -2.36. The van der Waals surface area contributed by atoms with Gasteiger partial charge >= 0.3 is 0 Å². The lowest BCUT2D eigenvalue weighted by atomic mass is 10.1. The van der Waals surface area contributed by atoms with E-state index in [1.54, 1.807) is 18.5 Å². The number of likely N-dealkylation sites (tertiary alicyclic amines) is 1. The molecule has 10 heteroatoms. The van der Waals surface area contributed by atoms with Crippen LogP contribution in [0.3, 0.4) is 0 Å². The van der Waals surface area contributed by atoms with Crippen LogP contribution in [0.1, 0.15) is 27.2 Å². The van der Waals surface area contributed by atoms with Crippen LogP contribution in [0.4, 0.5) is 11.6 Å². The van der Waals surface area contributed by atoms with E-state index in [0.717, 1.165) is 43.0 Å². The lowest BCUT2D eigenvalue weighted by Gasteiger charge is -2.30. The summed E-state index contributed by atoms with van der Waals surface area (Å²) in [6, 6.07) is 5.96. The minimum atomic E-state index is -3.48. The van der Waals surface area contributed by atoms with E-state index in [4.69, 9.17) is 4.74 Å². The average molecular weight is 475 g/mol. The predicted molar refractivity (Wildman–Crippen MR) is 130 cm³/mol. The van der Waals surface area contributed by atoms with Crippen molar-refractivity contribution in [3.63, 3.8) is 0 Å². The van der Waals surface area contributed by atoms with Crippen molar-refractivity contribution in [3.05, 3.63) is 30.6 Å². The molecule has 2 N–H and O–H groups in total. The zero-order chi connectivity index (χ0) is 23.4. The summed E-state index contributed by atoms with van der Waals surface area (Å²) < 4.78 is 32.8. The van der Waals surface area contributed by atoms with Gasteiger partial charge in [-0.3, -0.25) is 10.3 Å². The molecule has 3 heterocycles. The fraction of sp³-hybridized carbons (Fsp3) is 0.565. The molecule has 0 radical (unpaired) electrons. The first-order chi connectivity index (χ1) is 15.9. The van der Waals surface area contributed by atoms with Crippen molar-refractivity contribution in [3.8, 4) is 11.1 Å². The van der Waals surface area contributed by atoms with Gasteiger partial charge in [0.05, 0.1) is 23.4 Å². The maximum Gasteiger partial charge on any atom is 0.237 e. The van der Waals surface area contributed by atoms with Crippen molar-refractivity contribution >= 4 is 21.5 Å². The number of rotatable bonds is 8. The summed E-state index contributed by atoms with van der Waals surface area (Å²) in [5.74, 6) is 0.470. The molecule has 2 fully saturated rings. The quantitative estimate of drug-likeness (QED) is 0.558. The molecule has 1 aromatic carbocycles. The lowest BCUT2D eigenvalue weighted by molar-refractivity contribution is 0.122. The number of ether oxygens (including phenoxy) is 1. The number of hydrogen-bond donors (Lipinski definition) is 2. The Morgan fingerprint density at radius 3 is 2.45 bits per heavy atom. The Kier molecular flexibility index (Phi) is 7.48. The summed E-state index contributed by atoms with van der Waals surface area (Å²) in [6.45, 7) is 11.1. The van der Waals surface area contributed by atoms with Crippen LogP contribution >= 0.6 is 0 Å². The highest BCUT2D eigenvalue weighted by molar-refractivity contribution is 7.92. The van der Waals surface area contributed by atoms with E-state index >= 15 is 0 Å². The van der Waals surface area contributed by atoms with Crippen molar-refractivity contribution in [2.75, 3.05) is 56.3 Å². The van der Waals surface area contributed by atoms with E-state index in [1.807, 2.05) is 19.1 Å². The number of morpholine rings is 1. The topological polar surface area (TPSA) is 99.7 Å². The number of hydrogen-bond acceptors (Lipinski definition) is 9. The highest BCUT2D eigenvalue weighted by atomic mass is 32.2. The summed E-state index contributed by atoms with van der Waals surface area (Å²) >= 11 is 0. The van der Waals surface area contributed by atoms with Gasteiger partial charge in [-0.1, -0.05) is 6.92 Å². The van der Waals surface area contributed by atoms with Gasteiger partial charge in [-0.25, -0.2) is 23.8 Å². The van der Waals surface area contributed by atoms with Crippen LogP contribution in [0, 0.1) is 0 Å². The van der Waals surface area contributed by atoms with Crippen LogP contribution in [0.25, 0.3) is 11.1 Å². The minimum Gasteiger partial charge on any atom is -0.378 e. The van der Waals surface area contributed by atoms with Gasteiger partial charge in [0.15, 0.2) is 9.84 Å². The standard InChI is InChI=1S/C23H34N6O3S/c1-4-26-27-23-24-14-19(15-25-23)18-11-20(28-7-9-32-10-8-28)13-22(12-18)33(30,31)21-5-6-29(16-21)17(2)3/h11-15,17,21,26H,4-10,16H2,1-3H3,(H,24,25,27). The molecule has 0 spiro atoms. The van der Waals surface area contributed by atoms with Crippen LogP contribution < -0.4 is 15.8 Å². The van der Waals surface area contributed by atoms with Crippen molar-refractivity contribution in [1.82, 2.24) is 20.3 Å². The fourth-order valence-electron chi connectivity index (χ4n) is 4.30. The van der Waals surface area contributed by atoms with Gasteiger partial charge in [0, 0.05) is 55.9 Å². The third-order valence-electron chi connectivity index (χ3n) is 6.30. The summed E-state index contributed by atoms with van der Waals surface area (Å²) in [4.78, 5) is 13.5. The maximum absolute atomic E-state index is 13.7. The molecule has 1 aromatic heterocycles. The molecule has 0 amide bonds. The molecule has 0 saturated carbocycles. The Labute approximate surface area is 196 Å². The Balaban J connectivity index is 1.69. The number of hydrazine groups is 1. The van der Waals surface area contributed by atoms with Gasteiger partial charge in [-0.2, -0.15) is 0 Å². The fourth-order valence-corrected chi connectivity index (χ4v) is 6.06. The third-order valence-corrected chi connectivity index (χ3v) is 8.46. The second-order valence-electron chi connectivity index (χ2n) is 8.81. The maximum atomic E-state index is 13.7. The van der Waals surface area contributed by atoms with Crippen LogP contribution in [0.5, 0.6) is 0 Å². The molecule has 2 aliphatic rings. The van der Waals surface area contributed by atoms with E-state index in [9.17, 15) is 8.42 Å². The number of anilines is 2. The minimum absolute atomic E-state index is 0.340. The van der Waals surface area contributed by atoms with Crippen LogP contribution in [0.2, 0.25) is 0 Å². The van der Waals surface area contributed by atoms with Crippen LogP contribution in [0.15, 0.2) is 35.5 Å². The zero-order valence-corrected chi connectivity index (χ0v) is 20.4. The number of nitrogens with zero attached hydrogens (tertiary/aromatic N) is 4. The number of nitrogens with one attached hydrogen (secondary N) is 2. The summed E-state index contributed by atoms with van der Waals surface area (Å²) in [5.41, 5.74) is 8.36. The van der Waals surface area contributed by atoms with Crippen molar-refractivity contribution < 1.29 is 13.2 Å². The summed E-state index contributed by atoms with van der Waals surface area (Å²) in [6.07, 6.45) is 4.10. The van der Waals surface area contributed by atoms with Gasteiger partial charge in [-0.15, -0.1) is 0 Å². The SMILES string of the molecule is CCNNc1ncc(-c2cc(N3CCOCC3)cc(S(=O)(=O)C3CCN(C(C)C)C3)c2)cn1. The smallest absolute Gasteiger partial charge is 0.237 e. The highest BCUT2D eigenvalue weighted by Gasteiger charge is 2.35. The molecule has 33 heavy (non-hydrogen) atoms. The second-order valence-corrected chi connectivity index (χ2v) is 11.0. The zero-order valence-electron chi connectivity index (χ0n) is 19.6.